The molecule has 2 aromatic rings. The standard InChI is InChI=1S/C27H33N3O3/c1-4-33-27(32)22-11-8-14-29(17-22)18-26(31)30-25(23-15-19(2)12-13-20(23)3)16-24(28-30)21-9-6-5-7-10-21/h5-7,9-10,12-13,15,22,25H,4,8,11,14,16-18H2,1-3H3. The molecule has 2 unspecified atom stereocenters. The molecule has 4 rings (SSSR count). The number of hydrogen-bond acceptors (Lipinski definition) is 5. The maximum Gasteiger partial charge on any atom is 0.310 e. The van der Waals surface area contributed by atoms with Gasteiger partial charge in [0.25, 0.3) is 5.91 Å². The first-order valence-corrected chi connectivity index (χ1v) is 11.9. The predicted octanol–water partition coefficient (Wildman–Crippen LogP) is 4.26. The molecule has 0 bridgehead atoms. The third-order valence-electron chi connectivity index (χ3n) is 6.55. The number of carbonyl (C=O) groups excluding carboxylic acids is 2. The number of likely N-dealkylation sites (tertiary alicyclic amines) is 1. The molecule has 0 radical (unpaired) electrons. The summed E-state index contributed by atoms with van der Waals surface area (Å²) in [5.74, 6) is -0.354. The smallest absolute Gasteiger partial charge is 0.310 e. The summed E-state index contributed by atoms with van der Waals surface area (Å²) in [6, 6.07) is 16.3. The molecular formula is C27H33N3O3. The van der Waals surface area contributed by atoms with E-state index in [1.165, 1.54) is 5.56 Å². The Morgan fingerprint density at radius 3 is 2.67 bits per heavy atom. The van der Waals surface area contributed by atoms with Crippen molar-refractivity contribution in [2.75, 3.05) is 26.2 Å². The van der Waals surface area contributed by atoms with Crippen LogP contribution in [-0.2, 0) is 14.3 Å². The van der Waals surface area contributed by atoms with Crippen molar-refractivity contribution in [1.29, 1.82) is 0 Å². The SMILES string of the molecule is CCOC(=O)C1CCCN(CC(=O)N2N=C(c3ccccc3)CC2c2cc(C)ccc2C)C1. The maximum absolute atomic E-state index is 13.5. The second-order valence-corrected chi connectivity index (χ2v) is 9.06. The van der Waals surface area contributed by atoms with Crippen LogP contribution in [0.5, 0.6) is 0 Å². The number of nitrogens with zero attached hydrogens (tertiary/aromatic N) is 3. The van der Waals surface area contributed by atoms with Crippen molar-refractivity contribution in [3.8, 4) is 0 Å². The second-order valence-electron chi connectivity index (χ2n) is 9.06. The minimum atomic E-state index is -0.164. The highest BCUT2D eigenvalue weighted by Crippen LogP contribution is 2.35. The normalized spacial score (nSPS) is 21.1. The number of benzene rings is 2. The molecule has 1 saturated heterocycles. The lowest BCUT2D eigenvalue weighted by molar-refractivity contribution is -0.150. The summed E-state index contributed by atoms with van der Waals surface area (Å²) in [6.45, 7) is 7.99. The zero-order chi connectivity index (χ0) is 23.4. The number of amides is 1. The molecule has 6 heteroatoms. The lowest BCUT2D eigenvalue weighted by Gasteiger charge is -2.32. The van der Waals surface area contributed by atoms with Gasteiger partial charge in [-0.05, 0) is 56.8 Å². The second kappa shape index (κ2) is 10.3. The average Bonchev–Trinajstić information content (AvgIpc) is 3.27. The van der Waals surface area contributed by atoms with Crippen LogP contribution in [0.2, 0.25) is 0 Å². The van der Waals surface area contributed by atoms with Crippen molar-refractivity contribution < 1.29 is 14.3 Å². The molecule has 174 valence electrons. The van der Waals surface area contributed by atoms with Gasteiger partial charge in [-0.3, -0.25) is 14.5 Å². The molecule has 0 aliphatic carbocycles. The molecule has 2 aliphatic rings. The summed E-state index contributed by atoms with van der Waals surface area (Å²) in [7, 11) is 0. The molecule has 1 amide bonds. The number of esters is 1. The Hall–Kier alpha value is -2.99. The van der Waals surface area contributed by atoms with Crippen LogP contribution in [0.15, 0.2) is 53.6 Å². The predicted molar refractivity (Wildman–Crippen MR) is 129 cm³/mol. The van der Waals surface area contributed by atoms with Crippen molar-refractivity contribution in [3.05, 3.63) is 70.8 Å². The van der Waals surface area contributed by atoms with Gasteiger partial charge in [-0.15, -0.1) is 0 Å². The lowest BCUT2D eigenvalue weighted by atomic mass is 9.94. The first kappa shape index (κ1) is 23.2. The van der Waals surface area contributed by atoms with Crippen LogP contribution in [0.4, 0.5) is 0 Å². The van der Waals surface area contributed by atoms with Crippen LogP contribution in [0.25, 0.3) is 0 Å². The molecule has 1 fully saturated rings. The summed E-state index contributed by atoms with van der Waals surface area (Å²) in [5.41, 5.74) is 5.44. The van der Waals surface area contributed by atoms with E-state index in [0.29, 0.717) is 19.6 Å². The first-order valence-electron chi connectivity index (χ1n) is 11.9. The lowest BCUT2D eigenvalue weighted by Crippen LogP contribution is -2.44. The Morgan fingerprint density at radius 2 is 1.91 bits per heavy atom. The minimum Gasteiger partial charge on any atom is -0.466 e. The zero-order valence-electron chi connectivity index (χ0n) is 19.8. The number of rotatable bonds is 6. The van der Waals surface area contributed by atoms with Gasteiger partial charge in [0.2, 0.25) is 0 Å². The van der Waals surface area contributed by atoms with Crippen LogP contribution in [0.3, 0.4) is 0 Å². The van der Waals surface area contributed by atoms with E-state index in [2.05, 4.69) is 36.9 Å². The number of hydrazone groups is 1. The van der Waals surface area contributed by atoms with Crippen molar-refractivity contribution in [2.45, 2.75) is 46.1 Å². The third kappa shape index (κ3) is 5.33. The van der Waals surface area contributed by atoms with E-state index >= 15 is 0 Å². The van der Waals surface area contributed by atoms with Crippen LogP contribution in [-0.4, -0.2) is 53.7 Å². The molecule has 2 atom stereocenters. The molecule has 0 N–H and O–H groups in total. The van der Waals surface area contributed by atoms with Gasteiger partial charge in [0.15, 0.2) is 0 Å². The molecule has 6 nitrogen and oxygen atoms in total. The van der Waals surface area contributed by atoms with Crippen molar-refractivity contribution >= 4 is 17.6 Å². The Labute approximate surface area is 196 Å². The molecule has 33 heavy (non-hydrogen) atoms. The average molecular weight is 448 g/mol. The van der Waals surface area contributed by atoms with Crippen LogP contribution >= 0.6 is 0 Å². The summed E-state index contributed by atoms with van der Waals surface area (Å²) < 4.78 is 5.21. The number of aryl methyl sites for hydroxylation is 2. The monoisotopic (exact) mass is 447 g/mol. The Morgan fingerprint density at radius 1 is 1.12 bits per heavy atom. The van der Waals surface area contributed by atoms with Gasteiger partial charge in [-0.25, -0.2) is 5.01 Å². The van der Waals surface area contributed by atoms with E-state index in [1.54, 1.807) is 5.01 Å². The quantitative estimate of drug-likeness (QED) is 0.621. The molecule has 0 spiro atoms. The zero-order valence-corrected chi connectivity index (χ0v) is 19.8. The van der Waals surface area contributed by atoms with Crippen molar-refractivity contribution in [2.24, 2.45) is 11.0 Å². The molecule has 0 aromatic heterocycles. The van der Waals surface area contributed by atoms with Gasteiger partial charge in [0, 0.05) is 13.0 Å². The fourth-order valence-electron chi connectivity index (χ4n) is 4.82. The van der Waals surface area contributed by atoms with Gasteiger partial charge in [-0.1, -0.05) is 54.1 Å². The summed E-state index contributed by atoms with van der Waals surface area (Å²) in [4.78, 5) is 27.8. The summed E-state index contributed by atoms with van der Waals surface area (Å²) in [6.07, 6.45) is 2.38. The Balaban J connectivity index is 1.56. The highest BCUT2D eigenvalue weighted by atomic mass is 16.5. The molecule has 2 aliphatic heterocycles. The van der Waals surface area contributed by atoms with E-state index < -0.39 is 0 Å². The van der Waals surface area contributed by atoms with E-state index in [1.807, 2.05) is 37.3 Å². The van der Waals surface area contributed by atoms with Crippen LogP contribution < -0.4 is 0 Å². The summed E-state index contributed by atoms with van der Waals surface area (Å²) >= 11 is 0. The fraction of sp³-hybridized carbons (Fsp3) is 0.444. The van der Waals surface area contributed by atoms with Crippen molar-refractivity contribution in [3.63, 3.8) is 0 Å². The van der Waals surface area contributed by atoms with E-state index in [4.69, 9.17) is 9.84 Å². The topological polar surface area (TPSA) is 62.2 Å². The van der Waals surface area contributed by atoms with Crippen LogP contribution in [0, 0.1) is 19.8 Å². The minimum absolute atomic E-state index is 0.0312. The largest absolute Gasteiger partial charge is 0.466 e. The van der Waals surface area contributed by atoms with Gasteiger partial charge in [0.1, 0.15) is 0 Å². The van der Waals surface area contributed by atoms with Gasteiger partial charge in [0.05, 0.1) is 30.8 Å². The molecule has 2 heterocycles. The highest BCUT2D eigenvalue weighted by Gasteiger charge is 2.36. The van der Waals surface area contributed by atoms with Crippen LogP contribution in [0.1, 0.15) is 54.5 Å². The maximum atomic E-state index is 13.5. The number of carbonyl (C=O) groups is 2. The molecule has 0 saturated carbocycles. The Kier molecular flexibility index (Phi) is 7.23. The third-order valence-corrected chi connectivity index (χ3v) is 6.55. The summed E-state index contributed by atoms with van der Waals surface area (Å²) in [5, 5.41) is 6.50. The molecular weight excluding hydrogens is 414 g/mol. The van der Waals surface area contributed by atoms with E-state index in [-0.39, 0.29) is 30.4 Å². The van der Waals surface area contributed by atoms with Gasteiger partial charge < -0.3 is 4.74 Å². The Bertz CT molecular complexity index is 1030. The van der Waals surface area contributed by atoms with Gasteiger partial charge in [-0.2, -0.15) is 5.10 Å². The van der Waals surface area contributed by atoms with E-state index in [9.17, 15) is 9.59 Å². The fourth-order valence-corrected chi connectivity index (χ4v) is 4.82. The van der Waals surface area contributed by atoms with E-state index in [0.717, 1.165) is 41.8 Å². The number of ether oxygens (including phenoxy) is 1. The van der Waals surface area contributed by atoms with Crippen molar-refractivity contribution in [1.82, 2.24) is 9.91 Å². The van der Waals surface area contributed by atoms with Gasteiger partial charge >= 0.3 is 5.97 Å². The number of hydrogen-bond donors (Lipinski definition) is 0. The highest BCUT2D eigenvalue weighted by molar-refractivity contribution is 6.03. The number of piperidine rings is 1. The first-order chi connectivity index (χ1) is 16.0. The molecule has 2 aromatic carbocycles.